The van der Waals surface area contributed by atoms with Crippen LogP contribution < -0.4 is 5.32 Å². The molecule has 0 aliphatic carbocycles. The van der Waals surface area contributed by atoms with Gasteiger partial charge in [0.05, 0.1) is 0 Å². The Morgan fingerprint density at radius 3 is 2.47 bits per heavy atom. The zero-order valence-corrected chi connectivity index (χ0v) is 18.6. The molecule has 0 radical (unpaired) electrons. The number of piperidine rings is 4. The number of nitrogens with one attached hydrogen (secondary N) is 1. The van der Waals surface area contributed by atoms with E-state index in [0.717, 1.165) is 64.6 Å². The van der Waals surface area contributed by atoms with Gasteiger partial charge in [-0.25, -0.2) is 4.79 Å². The van der Waals surface area contributed by atoms with Crippen molar-refractivity contribution in [2.45, 2.75) is 77.3 Å². The summed E-state index contributed by atoms with van der Waals surface area (Å²) in [7, 11) is 0. The van der Waals surface area contributed by atoms with Gasteiger partial charge in [-0.05, 0) is 56.8 Å². The van der Waals surface area contributed by atoms with Crippen molar-refractivity contribution >= 4 is 17.8 Å². The van der Waals surface area contributed by atoms with E-state index in [1.807, 2.05) is 4.90 Å². The molecular formula is C23H38N4O3. The Kier molecular flexibility index (Phi) is 6.54. The number of carbonyl (C=O) groups excluding carboxylic acids is 3. The zero-order chi connectivity index (χ0) is 21.3. The third kappa shape index (κ3) is 4.30. The highest BCUT2D eigenvalue weighted by atomic mass is 16.2. The summed E-state index contributed by atoms with van der Waals surface area (Å²) in [5.41, 5.74) is 0. The fourth-order valence-electron chi connectivity index (χ4n) is 6.16. The van der Waals surface area contributed by atoms with Gasteiger partial charge in [0.1, 0.15) is 0 Å². The molecule has 4 amide bonds. The molecule has 4 saturated heterocycles. The second-order valence-electron chi connectivity index (χ2n) is 9.84. The van der Waals surface area contributed by atoms with Crippen LogP contribution >= 0.6 is 0 Å². The van der Waals surface area contributed by atoms with E-state index in [1.165, 1.54) is 0 Å². The average molecular weight is 419 g/mol. The monoisotopic (exact) mass is 418 g/mol. The lowest BCUT2D eigenvalue weighted by molar-refractivity contribution is -0.144. The maximum absolute atomic E-state index is 13.2. The van der Waals surface area contributed by atoms with Crippen LogP contribution in [0.1, 0.15) is 65.2 Å². The van der Waals surface area contributed by atoms with Crippen LogP contribution in [-0.2, 0) is 9.59 Å². The predicted octanol–water partition coefficient (Wildman–Crippen LogP) is 2.46. The number of rotatable bonds is 4. The molecule has 7 heteroatoms. The number of hydrogen-bond donors (Lipinski definition) is 1. The second-order valence-corrected chi connectivity index (χ2v) is 9.84. The highest BCUT2D eigenvalue weighted by Crippen LogP contribution is 2.38. The van der Waals surface area contributed by atoms with Crippen LogP contribution in [0.4, 0.5) is 4.79 Å². The summed E-state index contributed by atoms with van der Waals surface area (Å²) in [5.74, 6) is 1.44. The molecule has 4 aliphatic rings. The Morgan fingerprint density at radius 2 is 1.77 bits per heavy atom. The molecule has 2 unspecified atom stereocenters. The van der Waals surface area contributed by atoms with E-state index in [0.29, 0.717) is 43.3 Å². The van der Waals surface area contributed by atoms with Crippen LogP contribution in [0, 0.1) is 17.8 Å². The molecule has 4 rings (SSSR count). The van der Waals surface area contributed by atoms with Crippen LogP contribution in [0.15, 0.2) is 0 Å². The quantitative estimate of drug-likeness (QED) is 0.762. The third-order valence-corrected chi connectivity index (χ3v) is 7.92. The SMILES string of the molecule is CCC(CC)C(=O)NC1CCN(C(=O)N2CC3CC(C2)[C@H]2CCCC(=O)N2C3)CC1. The minimum atomic E-state index is 0.101. The van der Waals surface area contributed by atoms with Crippen LogP contribution in [0.25, 0.3) is 0 Å². The number of urea groups is 1. The molecule has 0 aromatic rings. The zero-order valence-electron chi connectivity index (χ0n) is 18.6. The number of fused-ring (bicyclic) bond motifs is 4. The van der Waals surface area contributed by atoms with Gasteiger partial charge in [-0.3, -0.25) is 9.59 Å². The maximum atomic E-state index is 13.2. The van der Waals surface area contributed by atoms with E-state index >= 15 is 0 Å². The van der Waals surface area contributed by atoms with Gasteiger partial charge in [0, 0.05) is 57.1 Å². The summed E-state index contributed by atoms with van der Waals surface area (Å²) in [6.45, 7) is 7.94. The van der Waals surface area contributed by atoms with E-state index < -0.39 is 0 Å². The molecule has 4 fully saturated rings. The fourth-order valence-corrected chi connectivity index (χ4v) is 6.16. The minimum Gasteiger partial charge on any atom is -0.353 e. The number of amides is 4. The van der Waals surface area contributed by atoms with Crippen molar-refractivity contribution in [1.29, 1.82) is 0 Å². The Bertz CT molecular complexity index is 657. The first-order chi connectivity index (χ1) is 14.5. The summed E-state index contributed by atoms with van der Waals surface area (Å²) in [6, 6.07) is 0.680. The van der Waals surface area contributed by atoms with E-state index in [-0.39, 0.29) is 23.9 Å². The van der Waals surface area contributed by atoms with Gasteiger partial charge in [0.15, 0.2) is 0 Å². The van der Waals surface area contributed by atoms with Crippen molar-refractivity contribution in [1.82, 2.24) is 20.0 Å². The van der Waals surface area contributed by atoms with Gasteiger partial charge in [-0.2, -0.15) is 0 Å². The molecule has 4 heterocycles. The van der Waals surface area contributed by atoms with Crippen molar-refractivity contribution in [3.8, 4) is 0 Å². The smallest absolute Gasteiger partial charge is 0.320 e. The van der Waals surface area contributed by atoms with Crippen LogP contribution in [-0.4, -0.2) is 77.4 Å². The lowest BCUT2D eigenvalue weighted by atomic mass is 9.76. The molecule has 30 heavy (non-hydrogen) atoms. The molecule has 0 aromatic carbocycles. The van der Waals surface area contributed by atoms with Gasteiger partial charge in [0.25, 0.3) is 0 Å². The first-order valence-electron chi connectivity index (χ1n) is 12.1. The van der Waals surface area contributed by atoms with Gasteiger partial charge < -0.3 is 20.0 Å². The van der Waals surface area contributed by atoms with Crippen molar-refractivity contribution in [3.63, 3.8) is 0 Å². The van der Waals surface area contributed by atoms with Crippen LogP contribution in [0.2, 0.25) is 0 Å². The van der Waals surface area contributed by atoms with Gasteiger partial charge >= 0.3 is 6.03 Å². The van der Waals surface area contributed by atoms with Crippen molar-refractivity contribution in [2.24, 2.45) is 17.8 Å². The average Bonchev–Trinajstić information content (AvgIpc) is 2.75. The summed E-state index contributed by atoms with van der Waals surface area (Å²) >= 11 is 0. The number of carbonyl (C=O) groups is 3. The van der Waals surface area contributed by atoms with Crippen LogP contribution in [0.3, 0.4) is 0 Å². The van der Waals surface area contributed by atoms with E-state index in [4.69, 9.17) is 0 Å². The molecule has 2 bridgehead atoms. The first-order valence-corrected chi connectivity index (χ1v) is 12.1. The highest BCUT2D eigenvalue weighted by molar-refractivity contribution is 5.79. The number of likely N-dealkylation sites (tertiary alicyclic amines) is 2. The summed E-state index contributed by atoms with van der Waals surface area (Å²) in [5, 5.41) is 3.20. The molecule has 0 spiro atoms. The normalized spacial score (nSPS) is 29.8. The van der Waals surface area contributed by atoms with Gasteiger partial charge in [-0.1, -0.05) is 13.8 Å². The molecule has 3 atom stereocenters. The Balaban J connectivity index is 1.29. The fraction of sp³-hybridized carbons (Fsp3) is 0.870. The number of nitrogens with zero attached hydrogens (tertiary/aromatic N) is 3. The van der Waals surface area contributed by atoms with Crippen LogP contribution in [0.5, 0.6) is 0 Å². The lowest BCUT2D eigenvalue weighted by Crippen LogP contribution is -2.62. The van der Waals surface area contributed by atoms with E-state index in [1.54, 1.807) is 0 Å². The number of hydrogen-bond acceptors (Lipinski definition) is 3. The molecule has 1 N–H and O–H groups in total. The third-order valence-electron chi connectivity index (χ3n) is 7.92. The molecule has 7 nitrogen and oxygen atoms in total. The molecule has 0 saturated carbocycles. The maximum Gasteiger partial charge on any atom is 0.320 e. The topological polar surface area (TPSA) is 73.0 Å². The summed E-state index contributed by atoms with van der Waals surface area (Å²) < 4.78 is 0. The second kappa shape index (κ2) is 9.15. The van der Waals surface area contributed by atoms with Gasteiger partial charge in [-0.15, -0.1) is 0 Å². The van der Waals surface area contributed by atoms with Gasteiger partial charge in [0.2, 0.25) is 11.8 Å². The minimum absolute atomic E-state index is 0.101. The predicted molar refractivity (Wildman–Crippen MR) is 115 cm³/mol. The molecule has 168 valence electrons. The molecular weight excluding hydrogens is 380 g/mol. The Morgan fingerprint density at radius 1 is 1.03 bits per heavy atom. The lowest BCUT2D eigenvalue weighted by Gasteiger charge is -2.53. The highest BCUT2D eigenvalue weighted by Gasteiger charge is 2.45. The summed E-state index contributed by atoms with van der Waals surface area (Å²) in [4.78, 5) is 44.1. The summed E-state index contributed by atoms with van der Waals surface area (Å²) in [6.07, 6.45) is 7.36. The van der Waals surface area contributed by atoms with Crippen molar-refractivity contribution < 1.29 is 14.4 Å². The molecule has 0 aromatic heterocycles. The van der Waals surface area contributed by atoms with Crippen molar-refractivity contribution in [2.75, 3.05) is 32.7 Å². The van der Waals surface area contributed by atoms with E-state index in [2.05, 4.69) is 29.0 Å². The molecule has 4 aliphatic heterocycles. The van der Waals surface area contributed by atoms with Crippen molar-refractivity contribution in [3.05, 3.63) is 0 Å². The first kappa shape index (κ1) is 21.4. The Labute approximate surface area is 180 Å². The largest absolute Gasteiger partial charge is 0.353 e. The standard InChI is InChI=1S/C23H38N4O3/c1-3-17(4-2)22(29)24-19-8-10-25(11-9-19)23(30)26-13-16-12-18(15-26)20-6-5-7-21(28)27(20)14-16/h16-20H,3-15H2,1-2H3,(H,24,29)/t16?,18?,20-/m1/s1. The van der Waals surface area contributed by atoms with E-state index in [9.17, 15) is 14.4 Å². The Hall–Kier alpha value is -1.79.